The standard InChI is InChI=1S/C19H28N2O.C2H2O4/c1-22-19-9-5-8-18(14-19)16-21-12-10-20(11-13-21)15-17-6-3-2-4-7-17;3-1(4)2(5)6/h2-3,5,8-9,14,17H,4,6-7,10-13,15-16H2,1H3;(H,3,4)(H,5,6). The van der Waals surface area contributed by atoms with Gasteiger partial charge >= 0.3 is 11.9 Å². The van der Waals surface area contributed by atoms with Crippen molar-refractivity contribution in [3.05, 3.63) is 42.0 Å². The van der Waals surface area contributed by atoms with Crippen LogP contribution in [0.4, 0.5) is 0 Å². The van der Waals surface area contributed by atoms with E-state index >= 15 is 0 Å². The fourth-order valence-corrected chi connectivity index (χ4v) is 3.55. The predicted octanol–water partition coefficient (Wildman–Crippen LogP) is 2.32. The average Bonchev–Trinajstić information content (AvgIpc) is 2.71. The van der Waals surface area contributed by atoms with E-state index in [0.29, 0.717) is 0 Å². The van der Waals surface area contributed by atoms with Crippen molar-refractivity contribution in [2.24, 2.45) is 5.92 Å². The Labute approximate surface area is 166 Å². The number of allylic oxidation sites excluding steroid dienone is 2. The van der Waals surface area contributed by atoms with Crippen LogP contribution in [0.25, 0.3) is 0 Å². The van der Waals surface area contributed by atoms with Crippen molar-refractivity contribution in [2.45, 2.75) is 25.8 Å². The number of ether oxygens (including phenoxy) is 1. The van der Waals surface area contributed by atoms with Crippen LogP contribution < -0.4 is 4.74 Å². The van der Waals surface area contributed by atoms with Crippen molar-refractivity contribution in [3.63, 3.8) is 0 Å². The van der Waals surface area contributed by atoms with Crippen LogP contribution in [-0.2, 0) is 16.1 Å². The van der Waals surface area contributed by atoms with E-state index in [1.807, 2.05) is 6.07 Å². The number of hydrogen-bond acceptors (Lipinski definition) is 5. The summed E-state index contributed by atoms with van der Waals surface area (Å²) in [7, 11) is 1.73. The van der Waals surface area contributed by atoms with Crippen LogP contribution in [-0.4, -0.2) is 71.8 Å². The third-order valence-corrected chi connectivity index (χ3v) is 5.08. The Bertz CT molecular complexity index is 657. The summed E-state index contributed by atoms with van der Waals surface area (Å²) in [6.07, 6.45) is 8.64. The molecule has 1 aliphatic carbocycles. The first-order valence-electron chi connectivity index (χ1n) is 9.66. The summed E-state index contributed by atoms with van der Waals surface area (Å²) >= 11 is 0. The Morgan fingerprint density at radius 1 is 1.07 bits per heavy atom. The average molecular weight is 390 g/mol. The lowest BCUT2D eigenvalue weighted by molar-refractivity contribution is -0.159. The normalized spacial score (nSPS) is 20.1. The minimum absolute atomic E-state index is 0.884. The summed E-state index contributed by atoms with van der Waals surface area (Å²) < 4.78 is 5.31. The number of methoxy groups -OCH3 is 1. The lowest BCUT2D eigenvalue weighted by Crippen LogP contribution is -2.47. The molecule has 1 saturated heterocycles. The molecular formula is C21H30N2O5. The number of carboxylic acid groups (broad SMARTS) is 2. The summed E-state index contributed by atoms with van der Waals surface area (Å²) in [5.74, 6) is -1.80. The minimum atomic E-state index is -1.82. The van der Waals surface area contributed by atoms with E-state index in [9.17, 15) is 0 Å². The molecule has 2 N–H and O–H groups in total. The Morgan fingerprint density at radius 2 is 1.75 bits per heavy atom. The van der Waals surface area contributed by atoms with Gasteiger partial charge in [0.25, 0.3) is 0 Å². The second-order valence-electron chi connectivity index (χ2n) is 7.19. The molecule has 0 bridgehead atoms. The van der Waals surface area contributed by atoms with Gasteiger partial charge < -0.3 is 19.8 Å². The van der Waals surface area contributed by atoms with Gasteiger partial charge in [0.1, 0.15) is 5.75 Å². The summed E-state index contributed by atoms with van der Waals surface area (Å²) in [6, 6.07) is 8.45. The molecule has 0 spiro atoms. The largest absolute Gasteiger partial charge is 0.497 e. The van der Waals surface area contributed by atoms with Crippen LogP contribution >= 0.6 is 0 Å². The molecule has 0 aromatic heterocycles. The smallest absolute Gasteiger partial charge is 0.414 e. The van der Waals surface area contributed by atoms with Gasteiger partial charge in [0.05, 0.1) is 7.11 Å². The lowest BCUT2D eigenvalue weighted by Gasteiger charge is -2.36. The van der Waals surface area contributed by atoms with Crippen molar-refractivity contribution in [3.8, 4) is 5.75 Å². The molecule has 0 amide bonds. The van der Waals surface area contributed by atoms with Gasteiger partial charge in [0.15, 0.2) is 0 Å². The van der Waals surface area contributed by atoms with E-state index in [-0.39, 0.29) is 0 Å². The molecule has 154 valence electrons. The molecule has 1 heterocycles. The fraction of sp³-hybridized carbons (Fsp3) is 0.524. The highest BCUT2D eigenvalue weighted by molar-refractivity contribution is 6.27. The molecule has 3 rings (SSSR count). The molecule has 28 heavy (non-hydrogen) atoms. The van der Waals surface area contributed by atoms with E-state index in [1.165, 1.54) is 57.5 Å². The first kappa shape index (κ1) is 21.9. The number of hydrogen-bond donors (Lipinski definition) is 2. The summed E-state index contributed by atoms with van der Waals surface area (Å²) in [5, 5.41) is 14.8. The van der Waals surface area contributed by atoms with E-state index in [4.69, 9.17) is 24.5 Å². The predicted molar refractivity (Wildman–Crippen MR) is 106 cm³/mol. The lowest BCUT2D eigenvalue weighted by atomic mass is 9.94. The second kappa shape index (κ2) is 11.5. The molecule has 1 atom stereocenters. The van der Waals surface area contributed by atoms with E-state index in [0.717, 1.165) is 18.2 Å². The zero-order valence-electron chi connectivity index (χ0n) is 16.4. The van der Waals surface area contributed by atoms with Crippen LogP contribution in [0.15, 0.2) is 36.4 Å². The molecule has 2 aliphatic rings. The van der Waals surface area contributed by atoms with Gasteiger partial charge in [-0.2, -0.15) is 0 Å². The summed E-state index contributed by atoms with van der Waals surface area (Å²) in [4.78, 5) is 23.4. The van der Waals surface area contributed by atoms with Gasteiger partial charge in [-0.05, 0) is 42.9 Å². The SMILES string of the molecule is COc1cccc(CN2CCN(CC3CC=CCC3)CC2)c1.O=C(O)C(=O)O. The van der Waals surface area contributed by atoms with Crippen molar-refractivity contribution < 1.29 is 24.5 Å². The maximum absolute atomic E-state index is 9.10. The highest BCUT2D eigenvalue weighted by Crippen LogP contribution is 2.20. The maximum atomic E-state index is 9.10. The Hall–Kier alpha value is -2.38. The Balaban J connectivity index is 0.000000409. The molecule has 1 unspecified atom stereocenters. The van der Waals surface area contributed by atoms with Crippen LogP contribution in [0.5, 0.6) is 5.75 Å². The number of nitrogens with zero attached hydrogens (tertiary/aromatic N) is 2. The molecule has 7 nitrogen and oxygen atoms in total. The molecule has 0 saturated carbocycles. The minimum Gasteiger partial charge on any atom is -0.497 e. The second-order valence-corrected chi connectivity index (χ2v) is 7.19. The van der Waals surface area contributed by atoms with Crippen LogP contribution in [0, 0.1) is 5.92 Å². The number of aliphatic carboxylic acids is 2. The Morgan fingerprint density at radius 3 is 2.32 bits per heavy atom. The number of rotatable bonds is 5. The zero-order chi connectivity index (χ0) is 20.4. The van der Waals surface area contributed by atoms with Crippen LogP contribution in [0.2, 0.25) is 0 Å². The molecule has 1 aromatic rings. The van der Waals surface area contributed by atoms with Gasteiger partial charge in [-0.15, -0.1) is 0 Å². The number of carbonyl (C=O) groups is 2. The molecule has 1 fully saturated rings. The van der Waals surface area contributed by atoms with Crippen molar-refractivity contribution in [1.29, 1.82) is 0 Å². The third kappa shape index (κ3) is 7.70. The molecule has 7 heteroatoms. The van der Waals surface area contributed by atoms with Gasteiger partial charge in [-0.3, -0.25) is 4.90 Å². The van der Waals surface area contributed by atoms with Gasteiger partial charge in [-0.25, -0.2) is 9.59 Å². The summed E-state index contributed by atoms with van der Waals surface area (Å²) in [6.45, 7) is 7.11. The molecule has 1 aromatic carbocycles. The fourth-order valence-electron chi connectivity index (χ4n) is 3.55. The van der Waals surface area contributed by atoms with Crippen LogP contribution in [0.1, 0.15) is 24.8 Å². The highest BCUT2D eigenvalue weighted by atomic mass is 16.5. The van der Waals surface area contributed by atoms with E-state index in [1.54, 1.807) is 7.11 Å². The molecule has 0 radical (unpaired) electrons. The zero-order valence-corrected chi connectivity index (χ0v) is 16.4. The van der Waals surface area contributed by atoms with Gasteiger partial charge in [0, 0.05) is 39.3 Å². The first-order chi connectivity index (χ1) is 13.5. The summed E-state index contributed by atoms with van der Waals surface area (Å²) in [5.41, 5.74) is 1.35. The molecule has 1 aliphatic heterocycles. The highest BCUT2D eigenvalue weighted by Gasteiger charge is 2.20. The number of piperazine rings is 1. The van der Waals surface area contributed by atoms with Gasteiger partial charge in [-0.1, -0.05) is 24.3 Å². The van der Waals surface area contributed by atoms with E-state index in [2.05, 4.69) is 40.2 Å². The third-order valence-electron chi connectivity index (χ3n) is 5.08. The van der Waals surface area contributed by atoms with Crippen LogP contribution in [0.3, 0.4) is 0 Å². The monoisotopic (exact) mass is 390 g/mol. The van der Waals surface area contributed by atoms with Crippen molar-refractivity contribution in [2.75, 3.05) is 39.8 Å². The molecular weight excluding hydrogens is 360 g/mol. The van der Waals surface area contributed by atoms with Gasteiger partial charge in [0.2, 0.25) is 0 Å². The number of benzene rings is 1. The van der Waals surface area contributed by atoms with Crippen molar-refractivity contribution >= 4 is 11.9 Å². The van der Waals surface area contributed by atoms with Crippen molar-refractivity contribution in [1.82, 2.24) is 9.80 Å². The first-order valence-corrected chi connectivity index (χ1v) is 9.66. The maximum Gasteiger partial charge on any atom is 0.414 e. The topological polar surface area (TPSA) is 90.3 Å². The Kier molecular flexibility index (Phi) is 8.97. The quantitative estimate of drug-likeness (QED) is 0.589. The van der Waals surface area contributed by atoms with E-state index < -0.39 is 11.9 Å². The number of carboxylic acids is 2.